The van der Waals surface area contributed by atoms with E-state index in [1.54, 1.807) is 7.11 Å². The summed E-state index contributed by atoms with van der Waals surface area (Å²) in [6, 6.07) is 8.48. The number of hydrogen-bond donors (Lipinski definition) is 0. The van der Waals surface area contributed by atoms with E-state index in [0.717, 1.165) is 18.9 Å². The molecule has 0 aromatic heterocycles. The lowest BCUT2D eigenvalue weighted by Gasteiger charge is -2.42. The standard InChI is InChI=1S/C19H30N2O2/c1-20-13-17(14-22-2)19(15-20)8-10-21(11-9-19)12-16-4-6-18(23-3)7-5-16/h4-7,17H,8-15H2,1-3H3/t17-/m0/s1. The number of methoxy groups -OCH3 is 2. The van der Waals surface area contributed by atoms with Crippen LogP contribution in [0.2, 0.25) is 0 Å². The Morgan fingerprint density at radius 1 is 1.13 bits per heavy atom. The van der Waals surface area contributed by atoms with Crippen molar-refractivity contribution in [2.45, 2.75) is 19.4 Å². The summed E-state index contributed by atoms with van der Waals surface area (Å²) in [5.41, 5.74) is 1.85. The van der Waals surface area contributed by atoms with Crippen LogP contribution >= 0.6 is 0 Å². The summed E-state index contributed by atoms with van der Waals surface area (Å²) >= 11 is 0. The van der Waals surface area contributed by atoms with E-state index in [1.165, 1.54) is 44.6 Å². The van der Waals surface area contributed by atoms with E-state index < -0.39 is 0 Å². The summed E-state index contributed by atoms with van der Waals surface area (Å²) in [6.45, 7) is 6.76. The van der Waals surface area contributed by atoms with Gasteiger partial charge in [-0.2, -0.15) is 0 Å². The van der Waals surface area contributed by atoms with E-state index in [0.29, 0.717) is 11.3 Å². The fraction of sp³-hybridized carbons (Fsp3) is 0.684. The number of nitrogens with zero attached hydrogens (tertiary/aromatic N) is 2. The van der Waals surface area contributed by atoms with Gasteiger partial charge in [0.1, 0.15) is 5.75 Å². The summed E-state index contributed by atoms with van der Waals surface area (Å²) in [7, 11) is 5.81. The monoisotopic (exact) mass is 318 g/mol. The maximum absolute atomic E-state index is 5.49. The first-order valence-corrected chi connectivity index (χ1v) is 8.68. The highest BCUT2D eigenvalue weighted by atomic mass is 16.5. The number of benzene rings is 1. The molecule has 0 bridgehead atoms. The van der Waals surface area contributed by atoms with Crippen molar-refractivity contribution in [3.05, 3.63) is 29.8 Å². The highest BCUT2D eigenvalue weighted by Gasteiger charge is 2.46. The molecule has 23 heavy (non-hydrogen) atoms. The van der Waals surface area contributed by atoms with E-state index in [4.69, 9.17) is 9.47 Å². The highest BCUT2D eigenvalue weighted by Crippen LogP contribution is 2.44. The summed E-state index contributed by atoms with van der Waals surface area (Å²) in [4.78, 5) is 5.08. The topological polar surface area (TPSA) is 24.9 Å². The van der Waals surface area contributed by atoms with Crippen LogP contribution in [-0.2, 0) is 11.3 Å². The SMILES string of the molecule is COC[C@@H]1CN(C)CC12CCN(Cc1ccc(OC)cc1)CC2. The van der Waals surface area contributed by atoms with Crippen molar-refractivity contribution in [1.82, 2.24) is 9.80 Å². The number of likely N-dealkylation sites (tertiary alicyclic amines) is 2. The molecule has 0 saturated carbocycles. The summed E-state index contributed by atoms with van der Waals surface area (Å²) in [5, 5.41) is 0. The quantitative estimate of drug-likeness (QED) is 0.833. The first-order chi connectivity index (χ1) is 11.1. The maximum atomic E-state index is 5.49. The molecule has 1 atom stereocenters. The molecule has 2 aliphatic rings. The number of hydrogen-bond acceptors (Lipinski definition) is 4. The molecule has 3 rings (SSSR count). The minimum Gasteiger partial charge on any atom is -0.497 e. The van der Waals surface area contributed by atoms with Crippen LogP contribution < -0.4 is 4.74 Å². The Hall–Kier alpha value is -1.10. The zero-order valence-electron chi connectivity index (χ0n) is 14.8. The maximum Gasteiger partial charge on any atom is 0.118 e. The van der Waals surface area contributed by atoms with Crippen LogP contribution in [0.15, 0.2) is 24.3 Å². The molecule has 0 radical (unpaired) electrons. The van der Waals surface area contributed by atoms with Gasteiger partial charge in [0, 0.05) is 32.7 Å². The molecule has 0 unspecified atom stereocenters. The van der Waals surface area contributed by atoms with Crippen molar-refractivity contribution in [3.8, 4) is 5.75 Å². The Morgan fingerprint density at radius 2 is 1.83 bits per heavy atom. The smallest absolute Gasteiger partial charge is 0.118 e. The summed E-state index contributed by atoms with van der Waals surface area (Å²) in [5.74, 6) is 1.63. The Bertz CT molecular complexity index is 495. The molecule has 1 aromatic rings. The lowest BCUT2D eigenvalue weighted by atomic mass is 9.71. The Kier molecular flexibility index (Phi) is 5.24. The second-order valence-electron chi connectivity index (χ2n) is 7.34. The van der Waals surface area contributed by atoms with Crippen molar-refractivity contribution in [2.75, 3.05) is 54.1 Å². The van der Waals surface area contributed by atoms with Crippen LogP contribution in [0.3, 0.4) is 0 Å². The van der Waals surface area contributed by atoms with Crippen LogP contribution in [0.4, 0.5) is 0 Å². The van der Waals surface area contributed by atoms with E-state index in [1.807, 2.05) is 7.11 Å². The van der Waals surface area contributed by atoms with Gasteiger partial charge in [0.15, 0.2) is 0 Å². The predicted molar refractivity (Wildman–Crippen MR) is 92.8 cm³/mol. The molecular weight excluding hydrogens is 288 g/mol. The number of ether oxygens (including phenoxy) is 2. The zero-order chi connectivity index (χ0) is 16.3. The van der Waals surface area contributed by atoms with Gasteiger partial charge in [-0.25, -0.2) is 0 Å². The third kappa shape index (κ3) is 3.70. The molecule has 0 N–H and O–H groups in total. The Morgan fingerprint density at radius 3 is 2.43 bits per heavy atom. The van der Waals surface area contributed by atoms with Crippen LogP contribution in [-0.4, -0.2) is 63.9 Å². The van der Waals surface area contributed by atoms with Gasteiger partial charge >= 0.3 is 0 Å². The molecule has 2 aliphatic heterocycles. The minimum atomic E-state index is 0.473. The van der Waals surface area contributed by atoms with E-state index >= 15 is 0 Å². The Balaban J connectivity index is 1.57. The predicted octanol–water partition coefficient (Wildman–Crippen LogP) is 2.49. The molecule has 0 aliphatic carbocycles. The first kappa shape index (κ1) is 16.7. The lowest BCUT2D eigenvalue weighted by Crippen LogP contribution is -2.44. The minimum absolute atomic E-state index is 0.473. The van der Waals surface area contributed by atoms with Gasteiger partial charge in [-0.3, -0.25) is 4.90 Å². The lowest BCUT2D eigenvalue weighted by molar-refractivity contribution is 0.0354. The highest BCUT2D eigenvalue weighted by molar-refractivity contribution is 5.27. The average molecular weight is 318 g/mol. The normalized spacial score (nSPS) is 25.1. The zero-order valence-corrected chi connectivity index (χ0v) is 14.8. The van der Waals surface area contributed by atoms with Gasteiger partial charge in [0.25, 0.3) is 0 Å². The largest absolute Gasteiger partial charge is 0.497 e. The van der Waals surface area contributed by atoms with Crippen LogP contribution in [0.1, 0.15) is 18.4 Å². The number of rotatable bonds is 5. The molecule has 1 aromatic carbocycles. The second-order valence-corrected chi connectivity index (χ2v) is 7.34. The molecule has 2 fully saturated rings. The van der Waals surface area contributed by atoms with Gasteiger partial charge in [0.05, 0.1) is 13.7 Å². The van der Waals surface area contributed by atoms with Gasteiger partial charge < -0.3 is 14.4 Å². The van der Waals surface area contributed by atoms with Crippen LogP contribution in [0.5, 0.6) is 5.75 Å². The van der Waals surface area contributed by atoms with Crippen LogP contribution in [0, 0.1) is 11.3 Å². The van der Waals surface area contributed by atoms with Gasteiger partial charge in [0.2, 0.25) is 0 Å². The van der Waals surface area contributed by atoms with E-state index in [9.17, 15) is 0 Å². The third-order valence-corrected chi connectivity index (χ3v) is 5.77. The molecule has 2 heterocycles. The number of piperidine rings is 1. The second kappa shape index (κ2) is 7.20. The summed E-state index contributed by atoms with van der Waals surface area (Å²) < 4.78 is 10.7. The molecule has 2 saturated heterocycles. The molecule has 4 heteroatoms. The van der Waals surface area contributed by atoms with E-state index in [2.05, 4.69) is 41.1 Å². The van der Waals surface area contributed by atoms with Gasteiger partial charge in [-0.1, -0.05) is 12.1 Å². The molecule has 1 spiro atoms. The van der Waals surface area contributed by atoms with Crippen molar-refractivity contribution >= 4 is 0 Å². The van der Waals surface area contributed by atoms with Gasteiger partial charge in [-0.05, 0) is 56.1 Å². The third-order valence-electron chi connectivity index (χ3n) is 5.77. The van der Waals surface area contributed by atoms with Crippen molar-refractivity contribution in [3.63, 3.8) is 0 Å². The van der Waals surface area contributed by atoms with Crippen molar-refractivity contribution < 1.29 is 9.47 Å². The first-order valence-electron chi connectivity index (χ1n) is 8.68. The fourth-order valence-corrected chi connectivity index (χ4v) is 4.44. The van der Waals surface area contributed by atoms with Crippen LogP contribution in [0.25, 0.3) is 0 Å². The van der Waals surface area contributed by atoms with Crippen molar-refractivity contribution in [1.29, 1.82) is 0 Å². The van der Waals surface area contributed by atoms with Gasteiger partial charge in [-0.15, -0.1) is 0 Å². The molecule has 4 nitrogen and oxygen atoms in total. The molecular formula is C19H30N2O2. The fourth-order valence-electron chi connectivity index (χ4n) is 4.44. The van der Waals surface area contributed by atoms with Crippen molar-refractivity contribution in [2.24, 2.45) is 11.3 Å². The molecule has 0 amide bonds. The Labute approximate surface area is 140 Å². The average Bonchev–Trinajstić information content (AvgIpc) is 2.86. The summed E-state index contributed by atoms with van der Waals surface area (Å²) in [6.07, 6.45) is 2.59. The van der Waals surface area contributed by atoms with E-state index in [-0.39, 0.29) is 0 Å². The molecule has 128 valence electrons.